The van der Waals surface area contributed by atoms with E-state index >= 15 is 0 Å². The number of nitrogens with zero attached hydrogens (tertiary/aromatic N) is 5. The molecule has 0 aliphatic rings. The predicted molar refractivity (Wildman–Crippen MR) is 232 cm³/mol. The van der Waals surface area contributed by atoms with Crippen LogP contribution >= 0.6 is 0 Å². The van der Waals surface area contributed by atoms with Gasteiger partial charge in [0.2, 0.25) is 0 Å². The van der Waals surface area contributed by atoms with Crippen molar-refractivity contribution in [3.05, 3.63) is 188 Å². The van der Waals surface area contributed by atoms with E-state index in [2.05, 4.69) is 124 Å². The Hall–Kier alpha value is -7.83. The SMILES string of the molecule is c1ccc(-c2nc(-c3ccccc3)nc(-c3ccc(-n4c5ccccc5c5c6c7cc8oc9ccccc9c8cc7n(-c7ccccc7)c6ccc54)cc3)n2)cc1. The van der Waals surface area contributed by atoms with Crippen molar-refractivity contribution >= 4 is 65.6 Å². The lowest BCUT2D eigenvalue weighted by Crippen LogP contribution is -2.00. The van der Waals surface area contributed by atoms with E-state index in [0.29, 0.717) is 17.5 Å². The third kappa shape index (κ3) is 4.87. The monoisotopic (exact) mass is 729 g/mol. The molecule has 0 radical (unpaired) electrons. The number of furan rings is 1. The molecule has 57 heavy (non-hydrogen) atoms. The van der Waals surface area contributed by atoms with Crippen LogP contribution in [0.2, 0.25) is 0 Å². The first kappa shape index (κ1) is 31.5. The van der Waals surface area contributed by atoms with Gasteiger partial charge in [-0.15, -0.1) is 0 Å². The molecule has 0 saturated heterocycles. The third-order valence-electron chi connectivity index (χ3n) is 11.2. The van der Waals surface area contributed by atoms with Crippen molar-refractivity contribution in [2.24, 2.45) is 0 Å². The number of aromatic nitrogens is 5. The minimum atomic E-state index is 0.629. The van der Waals surface area contributed by atoms with Crippen LogP contribution in [-0.4, -0.2) is 24.1 Å². The Labute approximate surface area is 326 Å². The highest BCUT2D eigenvalue weighted by molar-refractivity contribution is 6.30. The normalized spacial score (nSPS) is 11.9. The van der Waals surface area contributed by atoms with Crippen molar-refractivity contribution in [1.82, 2.24) is 24.1 Å². The molecule has 0 unspecified atom stereocenters. The quantitative estimate of drug-likeness (QED) is 0.177. The largest absolute Gasteiger partial charge is 0.456 e. The summed E-state index contributed by atoms with van der Waals surface area (Å²) >= 11 is 0. The van der Waals surface area contributed by atoms with Gasteiger partial charge in [0.15, 0.2) is 17.5 Å². The van der Waals surface area contributed by atoms with Crippen LogP contribution in [0.15, 0.2) is 192 Å². The van der Waals surface area contributed by atoms with Gasteiger partial charge in [-0.2, -0.15) is 0 Å². The van der Waals surface area contributed by atoms with E-state index in [9.17, 15) is 0 Å². The molecule has 0 saturated carbocycles. The second-order valence-corrected chi connectivity index (χ2v) is 14.4. The molecule has 0 N–H and O–H groups in total. The van der Waals surface area contributed by atoms with Crippen molar-refractivity contribution in [1.29, 1.82) is 0 Å². The van der Waals surface area contributed by atoms with Gasteiger partial charge in [0, 0.05) is 60.4 Å². The van der Waals surface area contributed by atoms with Crippen molar-refractivity contribution in [3.8, 4) is 45.5 Å². The van der Waals surface area contributed by atoms with Gasteiger partial charge in [0.1, 0.15) is 11.2 Å². The maximum atomic E-state index is 6.48. The maximum Gasteiger partial charge on any atom is 0.164 e. The van der Waals surface area contributed by atoms with Crippen molar-refractivity contribution in [2.75, 3.05) is 0 Å². The van der Waals surface area contributed by atoms with Gasteiger partial charge in [-0.25, -0.2) is 15.0 Å². The molecule has 6 nitrogen and oxygen atoms in total. The van der Waals surface area contributed by atoms with Gasteiger partial charge >= 0.3 is 0 Å². The standard InChI is InChI=1S/C51H31N5O/c1-4-14-32(15-5-1)49-52-50(33-16-6-2-7-17-33)54-51(53-49)34-24-26-36(27-25-34)55-41-22-12-10-21-38(41)47-42(55)28-29-43-48(47)40-31-46-39(37-20-11-13-23-45(37)57-46)30-44(40)56(43)35-18-8-3-9-19-35/h1-31H. The fourth-order valence-electron chi connectivity index (χ4n) is 8.61. The van der Waals surface area contributed by atoms with E-state index in [1.807, 2.05) is 72.8 Å². The molecule has 8 aromatic carbocycles. The highest BCUT2D eigenvalue weighted by Gasteiger charge is 2.22. The molecule has 4 aromatic heterocycles. The summed E-state index contributed by atoms with van der Waals surface area (Å²) in [4.78, 5) is 14.8. The molecule has 0 amide bonds. The van der Waals surface area contributed by atoms with Gasteiger partial charge in [0.05, 0.1) is 22.1 Å². The number of rotatable bonds is 5. The Morgan fingerprint density at radius 1 is 0.316 bits per heavy atom. The topological polar surface area (TPSA) is 61.7 Å². The molecule has 0 spiro atoms. The predicted octanol–water partition coefficient (Wildman–Crippen LogP) is 13.0. The lowest BCUT2D eigenvalue weighted by atomic mass is 10.0. The minimum Gasteiger partial charge on any atom is -0.456 e. The molecular formula is C51H31N5O. The molecule has 12 aromatic rings. The second kappa shape index (κ2) is 12.3. The van der Waals surface area contributed by atoms with Crippen LogP contribution in [0.5, 0.6) is 0 Å². The Morgan fingerprint density at radius 2 is 0.807 bits per heavy atom. The summed E-state index contributed by atoms with van der Waals surface area (Å²) in [5.41, 5.74) is 11.3. The molecule has 0 aliphatic heterocycles. The summed E-state index contributed by atoms with van der Waals surface area (Å²) in [7, 11) is 0. The summed E-state index contributed by atoms with van der Waals surface area (Å²) < 4.78 is 11.3. The van der Waals surface area contributed by atoms with Crippen LogP contribution < -0.4 is 0 Å². The summed E-state index contributed by atoms with van der Waals surface area (Å²) in [5, 5.41) is 6.99. The highest BCUT2D eigenvalue weighted by Crippen LogP contribution is 2.44. The zero-order chi connectivity index (χ0) is 37.5. The average molecular weight is 730 g/mol. The van der Waals surface area contributed by atoms with Crippen molar-refractivity contribution in [2.45, 2.75) is 0 Å². The summed E-state index contributed by atoms with van der Waals surface area (Å²) in [5.74, 6) is 1.91. The number of para-hydroxylation sites is 3. The van der Waals surface area contributed by atoms with Crippen molar-refractivity contribution in [3.63, 3.8) is 0 Å². The molecule has 6 heteroatoms. The summed E-state index contributed by atoms with van der Waals surface area (Å²) in [6, 6.07) is 65.5. The van der Waals surface area contributed by atoms with E-state index in [1.165, 1.54) is 16.2 Å². The zero-order valence-electron chi connectivity index (χ0n) is 30.5. The van der Waals surface area contributed by atoms with Gasteiger partial charge in [-0.05, 0) is 72.8 Å². The van der Waals surface area contributed by atoms with E-state index in [1.54, 1.807) is 0 Å². The Kier molecular flexibility index (Phi) is 6.83. The molecule has 0 aliphatic carbocycles. The zero-order valence-corrected chi connectivity index (χ0v) is 30.5. The molecule has 0 bridgehead atoms. The first-order valence-corrected chi connectivity index (χ1v) is 19.1. The molecule has 12 rings (SSSR count). The average Bonchev–Trinajstić information content (AvgIpc) is 3.93. The van der Waals surface area contributed by atoms with Gasteiger partial charge in [-0.1, -0.05) is 115 Å². The number of benzene rings is 8. The van der Waals surface area contributed by atoms with Crippen LogP contribution in [0, 0.1) is 0 Å². The second-order valence-electron chi connectivity index (χ2n) is 14.4. The van der Waals surface area contributed by atoms with Crippen molar-refractivity contribution < 1.29 is 4.42 Å². The Bertz CT molecular complexity index is 3430. The van der Waals surface area contributed by atoms with Gasteiger partial charge in [-0.3, -0.25) is 0 Å². The lowest BCUT2D eigenvalue weighted by molar-refractivity contribution is 0.669. The molecular weight excluding hydrogens is 699 g/mol. The molecule has 266 valence electrons. The van der Waals surface area contributed by atoms with Crippen LogP contribution in [0.3, 0.4) is 0 Å². The fraction of sp³-hybridized carbons (Fsp3) is 0. The smallest absolute Gasteiger partial charge is 0.164 e. The number of fused-ring (bicyclic) bond motifs is 10. The third-order valence-corrected chi connectivity index (χ3v) is 11.2. The van der Waals surface area contributed by atoms with Gasteiger partial charge < -0.3 is 13.6 Å². The number of hydrogen-bond donors (Lipinski definition) is 0. The minimum absolute atomic E-state index is 0.629. The van der Waals surface area contributed by atoms with E-state index < -0.39 is 0 Å². The Balaban J connectivity index is 1.08. The summed E-state index contributed by atoms with van der Waals surface area (Å²) in [6.45, 7) is 0. The van der Waals surface area contributed by atoms with Crippen LogP contribution in [0.4, 0.5) is 0 Å². The Morgan fingerprint density at radius 3 is 1.46 bits per heavy atom. The van der Waals surface area contributed by atoms with Crippen LogP contribution in [0.1, 0.15) is 0 Å². The van der Waals surface area contributed by atoms with Gasteiger partial charge in [0.25, 0.3) is 0 Å². The highest BCUT2D eigenvalue weighted by atomic mass is 16.3. The fourth-order valence-corrected chi connectivity index (χ4v) is 8.61. The van der Waals surface area contributed by atoms with Crippen LogP contribution in [-0.2, 0) is 0 Å². The van der Waals surface area contributed by atoms with Crippen LogP contribution in [0.25, 0.3) is 111 Å². The molecule has 4 heterocycles. The maximum absolute atomic E-state index is 6.48. The molecule has 0 fully saturated rings. The van der Waals surface area contributed by atoms with E-state index in [4.69, 9.17) is 19.4 Å². The summed E-state index contributed by atoms with van der Waals surface area (Å²) in [6.07, 6.45) is 0. The van der Waals surface area contributed by atoms with E-state index in [-0.39, 0.29) is 0 Å². The first-order valence-electron chi connectivity index (χ1n) is 19.1. The molecule has 0 atom stereocenters. The lowest BCUT2D eigenvalue weighted by Gasteiger charge is -2.11. The number of hydrogen-bond acceptors (Lipinski definition) is 4. The first-order chi connectivity index (χ1) is 28.3. The van der Waals surface area contributed by atoms with E-state index in [0.717, 1.165) is 77.5 Å².